The molecule has 134 heavy (non-hydrogen) atoms. The van der Waals surface area contributed by atoms with Crippen LogP contribution in [0.1, 0.15) is 135 Å². The first-order valence-electron chi connectivity index (χ1n) is 46.4. The lowest BCUT2D eigenvalue weighted by atomic mass is 10.1. The fraction of sp³-hybridized carbons (Fsp3) is 0.750. The minimum Gasteiger partial charge on any atom is -0.480 e. The Hall–Kier alpha value is -11.1. The number of rotatable bonds is 32. The van der Waals surface area contributed by atoms with Gasteiger partial charge in [-0.15, -0.1) is 0 Å². The predicted molar refractivity (Wildman–Crippen MR) is 460 cm³/mol. The van der Waals surface area contributed by atoms with Gasteiger partial charge in [0.05, 0.1) is 81.9 Å². The third kappa shape index (κ3) is 23.0. The van der Waals surface area contributed by atoms with E-state index in [4.69, 9.17) is 5.11 Å². The van der Waals surface area contributed by atoms with E-state index in [1.54, 1.807) is 6.26 Å². The second kappa shape index (κ2) is 44.6. The fourth-order valence-electron chi connectivity index (χ4n) is 21.2. The van der Waals surface area contributed by atoms with E-state index in [1.165, 1.54) is 46.1 Å². The molecular weight excluding hydrogens is 1780 g/mol. The molecule has 0 bridgehead atoms. The van der Waals surface area contributed by atoms with Gasteiger partial charge in [0.15, 0.2) is 0 Å². The molecular formula is C84H123N21O28S. The second-order valence-electron chi connectivity index (χ2n) is 36.8. The smallest absolute Gasteiger partial charge is 0.322 e. The first kappa shape index (κ1) is 100. The number of amides is 20. The molecule has 13 saturated heterocycles. The van der Waals surface area contributed by atoms with Crippen LogP contribution in [0.15, 0.2) is 0 Å². The molecule has 13 fully saturated rings. The molecule has 0 aromatic heterocycles. The van der Waals surface area contributed by atoms with E-state index in [0.717, 1.165) is 30.9 Å². The Morgan fingerprint density at radius 3 is 0.776 bits per heavy atom. The fourth-order valence-corrected chi connectivity index (χ4v) is 21.7. The summed E-state index contributed by atoms with van der Waals surface area (Å²) in [5.74, 6) is -15.0. The number of nitrogens with zero attached hydrogens (tertiary/aromatic N) is 12. The summed E-state index contributed by atoms with van der Waals surface area (Å²) in [5.41, 5.74) is 0. The van der Waals surface area contributed by atoms with E-state index < -0.39 is 285 Å². The average molecular weight is 1910 g/mol. The Balaban J connectivity index is 0.536. The molecule has 16 N–H and O–H groups in total. The van der Waals surface area contributed by atoms with Crippen molar-refractivity contribution in [1.82, 2.24) is 107 Å². The van der Waals surface area contributed by atoms with E-state index in [-0.39, 0.29) is 168 Å². The Morgan fingerprint density at radius 2 is 0.530 bits per heavy atom. The maximum atomic E-state index is 14.5. The first-order chi connectivity index (χ1) is 64.0. The van der Waals surface area contributed by atoms with Crippen LogP contribution in [-0.2, 0) is 101 Å². The molecule has 0 saturated carbocycles. The number of aliphatic carboxylic acids is 1. The van der Waals surface area contributed by atoms with E-state index in [2.05, 4.69) is 47.9 Å². The van der Waals surface area contributed by atoms with Gasteiger partial charge in [0.2, 0.25) is 118 Å². The predicted octanol–water partition coefficient (Wildman–Crippen LogP) is -12.4. The highest BCUT2D eigenvalue weighted by Gasteiger charge is 2.53. The lowest BCUT2D eigenvalue weighted by molar-refractivity contribution is -0.148. The van der Waals surface area contributed by atoms with Crippen molar-refractivity contribution in [2.24, 2.45) is 0 Å². The van der Waals surface area contributed by atoms with Gasteiger partial charge < -0.3 is 142 Å². The van der Waals surface area contributed by atoms with Crippen molar-refractivity contribution in [3.63, 3.8) is 0 Å². The minimum absolute atomic E-state index is 0.0114. The maximum absolute atomic E-state index is 14.5. The summed E-state index contributed by atoms with van der Waals surface area (Å²) in [6.45, 7) is -4.98. The van der Waals surface area contributed by atoms with E-state index >= 15 is 0 Å². The minimum atomic E-state index is -1.35. The number of carboxylic acids is 1. The lowest BCUT2D eigenvalue weighted by Crippen LogP contribution is -2.57. The Labute approximate surface area is 774 Å². The molecule has 0 aromatic rings. The van der Waals surface area contributed by atoms with E-state index in [9.17, 15) is 131 Å². The average Bonchev–Trinajstić information content (AvgIpc) is 1.65. The molecule has 20 amide bonds. The molecule has 0 radical (unpaired) electrons. The molecule has 0 aromatic carbocycles. The number of hydrogen-bond donors (Lipinski definition) is 16. The van der Waals surface area contributed by atoms with Crippen molar-refractivity contribution >= 4 is 136 Å². The highest BCUT2D eigenvalue weighted by Crippen LogP contribution is 2.34. The van der Waals surface area contributed by atoms with E-state index in [1.807, 2.05) is 0 Å². The summed E-state index contributed by atoms with van der Waals surface area (Å²) >= 11 is 1.39. The Bertz CT molecular complexity index is 4530. The standard InChI is InChI=1S/C84H123N21O28S/c1-134-24-16-50(93-78(127)52-10-3-18-94(52)64(112)32-87-72(121)58-25-44(106)38-100(58)79(128)51-9-2-17-85-51)71(120)86-31-65(113)95-19-4-11-53(95)80(129)101-39-45(107)26-59(101)73(122)88-33-66(114)96-20-5-12-54(96)81(130)102-40-46(108)27-60(102)74(123)89-34-67(115)97-21-6-13-55(97)82(131)103-41-47(109)28-61(103)75(124)90-35-68(116)98-22-7-14-56(98)83(132)104-42-48(110)29-62(104)76(125)91-36-69(117)99-23-8-15-57(99)84(133)105-43-49(111)30-63(105)77(126)92-37-70(118)119/h44-63,85,106-111H,2-43H2,1H3,(H,86,120)(H,87,121)(H,88,122)(H,89,123)(H,90,124)(H,91,125)(H,92,126)(H,93,127)(H,118,119)/t44-,45-,46-,47-,48-,49-,50+,51+,52+,53+,54+,55+,56+,57+,58+,59+,60+,61+,62+,63+/m1/s1. The van der Waals surface area contributed by atoms with Gasteiger partial charge in [-0.3, -0.25) is 101 Å². The summed E-state index contributed by atoms with van der Waals surface area (Å²) < 4.78 is 0. The molecule has 13 aliphatic heterocycles. The van der Waals surface area contributed by atoms with Crippen LogP contribution in [0.2, 0.25) is 0 Å². The third-order valence-electron chi connectivity index (χ3n) is 27.9. The zero-order valence-electron chi connectivity index (χ0n) is 74.7. The van der Waals surface area contributed by atoms with Crippen LogP contribution >= 0.6 is 11.8 Å². The molecule has 13 aliphatic rings. The van der Waals surface area contributed by atoms with Crippen molar-refractivity contribution in [2.45, 2.75) is 256 Å². The van der Waals surface area contributed by atoms with Crippen molar-refractivity contribution in [1.29, 1.82) is 0 Å². The molecule has 13 rings (SSSR count). The van der Waals surface area contributed by atoms with Crippen LogP contribution in [0.4, 0.5) is 0 Å². The van der Waals surface area contributed by atoms with Crippen LogP contribution in [0, 0.1) is 0 Å². The Kier molecular flexibility index (Phi) is 33.4. The van der Waals surface area contributed by atoms with Crippen LogP contribution in [-0.4, -0.2) is 483 Å². The number of aliphatic hydroxyl groups excluding tert-OH is 6. The number of β-amino-alcohol motifs (C(OH)–C–C–N with tert-alkyl or cyclic N) is 6. The highest BCUT2D eigenvalue weighted by atomic mass is 32.2. The second-order valence-corrected chi connectivity index (χ2v) is 37.7. The van der Waals surface area contributed by atoms with Gasteiger partial charge in [0.25, 0.3) is 0 Å². The summed E-state index contributed by atoms with van der Waals surface area (Å²) in [6.07, 6.45) is -1.71. The van der Waals surface area contributed by atoms with Crippen molar-refractivity contribution < 1.29 is 136 Å². The molecule has 50 heteroatoms. The maximum Gasteiger partial charge on any atom is 0.322 e. The van der Waals surface area contributed by atoms with Crippen LogP contribution in [0.5, 0.6) is 0 Å². The molecule has 13 heterocycles. The molecule has 738 valence electrons. The summed E-state index contributed by atoms with van der Waals surface area (Å²) in [5, 5.41) is 96.6. The van der Waals surface area contributed by atoms with Crippen LogP contribution in [0.3, 0.4) is 0 Å². The number of carbonyl (C=O) groups is 21. The van der Waals surface area contributed by atoms with Crippen LogP contribution in [0.25, 0.3) is 0 Å². The van der Waals surface area contributed by atoms with E-state index in [0.29, 0.717) is 57.2 Å². The molecule has 0 unspecified atom stereocenters. The summed E-state index contributed by atoms with van der Waals surface area (Å²) in [7, 11) is 0. The molecule has 0 aliphatic carbocycles. The number of nitrogens with one attached hydrogen (secondary N) is 9. The SMILES string of the molecule is CSCC[C@H](NC(=O)[C@@H]1CCCN1C(=O)CNC(=O)[C@@H]1C[C@@H](O)CN1C(=O)[C@@H]1CCCN1)C(=O)NCC(=O)N1CCC[C@H]1C(=O)N1C[C@H](O)C[C@H]1C(=O)NCC(=O)N1CCC[C@H]1C(=O)N1C[C@H](O)C[C@H]1C(=O)NCC(=O)N1CCC[C@H]1C(=O)N1C[C@H](O)C[C@H]1C(=O)NCC(=O)N1CCC[C@H]1C(=O)N1C[C@H](O)C[C@H]1C(=O)NCC(=O)N1CCC[C@H]1C(=O)N1C[C@H](O)C[C@H]1C(=O)NCC(=O)O. The lowest BCUT2D eigenvalue weighted by Gasteiger charge is -2.32. The quantitative estimate of drug-likeness (QED) is 0.0297. The van der Waals surface area contributed by atoms with Gasteiger partial charge in [-0.25, -0.2) is 0 Å². The van der Waals surface area contributed by atoms with Crippen LogP contribution < -0.4 is 47.9 Å². The van der Waals surface area contributed by atoms with Crippen molar-refractivity contribution in [3.8, 4) is 0 Å². The number of hydrogen-bond acceptors (Lipinski definition) is 29. The third-order valence-corrected chi connectivity index (χ3v) is 28.5. The number of thioether (sulfide) groups is 1. The van der Waals surface area contributed by atoms with Gasteiger partial charge in [-0.05, 0) is 115 Å². The molecule has 20 atom stereocenters. The van der Waals surface area contributed by atoms with Gasteiger partial charge in [-0.1, -0.05) is 0 Å². The monoisotopic (exact) mass is 1910 g/mol. The first-order valence-corrected chi connectivity index (χ1v) is 47.8. The summed E-state index contributed by atoms with van der Waals surface area (Å²) in [6, 6.07) is -15.9. The number of carboxylic acid groups (broad SMARTS) is 1. The topological polar surface area (TPSA) is 647 Å². The number of aliphatic hydroxyl groups is 6. The van der Waals surface area contributed by atoms with Crippen molar-refractivity contribution in [2.75, 3.05) is 143 Å². The zero-order chi connectivity index (χ0) is 96.4. The van der Waals surface area contributed by atoms with Gasteiger partial charge >= 0.3 is 5.97 Å². The van der Waals surface area contributed by atoms with Gasteiger partial charge in [-0.2, -0.15) is 11.8 Å². The van der Waals surface area contributed by atoms with Gasteiger partial charge in [0, 0.05) is 117 Å². The molecule has 49 nitrogen and oxygen atoms in total. The number of likely N-dealkylation sites (tertiary alicyclic amines) is 12. The Morgan fingerprint density at radius 1 is 0.291 bits per heavy atom. The number of carbonyl (C=O) groups excluding carboxylic acids is 20. The molecule has 0 spiro atoms. The van der Waals surface area contributed by atoms with Crippen molar-refractivity contribution in [3.05, 3.63) is 0 Å². The largest absolute Gasteiger partial charge is 0.480 e. The highest BCUT2D eigenvalue weighted by molar-refractivity contribution is 7.98. The van der Waals surface area contributed by atoms with Gasteiger partial charge in [0.1, 0.15) is 85.1 Å². The summed E-state index contributed by atoms with van der Waals surface area (Å²) in [4.78, 5) is 304. The normalized spacial score (nSPS) is 29.7. The zero-order valence-corrected chi connectivity index (χ0v) is 75.5.